The highest BCUT2D eigenvalue weighted by atomic mass is 35.5. The fraction of sp³-hybridized carbons (Fsp3) is 0.600. The van der Waals surface area contributed by atoms with Gasteiger partial charge in [-0.05, 0) is 63.4 Å². The first-order valence-electron chi connectivity index (χ1n) is 6.78. The Morgan fingerprint density at radius 2 is 1.89 bits per heavy atom. The van der Waals surface area contributed by atoms with Crippen molar-refractivity contribution in [1.29, 1.82) is 0 Å². The maximum Gasteiger partial charge on any atom is 0.120 e. The summed E-state index contributed by atoms with van der Waals surface area (Å²) in [5.41, 5.74) is 1.09. The van der Waals surface area contributed by atoms with Crippen LogP contribution in [0.25, 0.3) is 0 Å². The number of ether oxygens (including phenoxy) is 1. The molecule has 0 unspecified atom stereocenters. The summed E-state index contributed by atoms with van der Waals surface area (Å²) < 4.78 is 6.13. The third kappa shape index (κ3) is 2.24. The van der Waals surface area contributed by atoms with E-state index in [0.29, 0.717) is 6.10 Å². The lowest BCUT2D eigenvalue weighted by Crippen LogP contribution is -2.43. The highest BCUT2D eigenvalue weighted by Crippen LogP contribution is 2.36. The van der Waals surface area contributed by atoms with Gasteiger partial charge in [0.25, 0.3) is 0 Å². The molecule has 2 fully saturated rings. The molecule has 0 radical (unpaired) electrons. The minimum atomic E-state index is 0.374. The molecule has 2 bridgehead atoms. The van der Waals surface area contributed by atoms with Crippen LogP contribution < -0.4 is 4.74 Å². The number of halogens is 1. The second-order valence-electron chi connectivity index (χ2n) is 5.67. The summed E-state index contributed by atoms with van der Waals surface area (Å²) in [6, 6.07) is 7.40. The van der Waals surface area contributed by atoms with Crippen LogP contribution in [-0.2, 0) is 0 Å². The third-order valence-electron chi connectivity index (χ3n) is 4.49. The van der Waals surface area contributed by atoms with Gasteiger partial charge in [-0.15, -0.1) is 0 Å². The van der Waals surface area contributed by atoms with E-state index in [9.17, 15) is 0 Å². The van der Waals surface area contributed by atoms with E-state index < -0.39 is 0 Å². The van der Waals surface area contributed by atoms with Gasteiger partial charge in [0.1, 0.15) is 11.9 Å². The standard InChI is InChI=1S/C15H20ClNO/c1-10-7-13(5-6-15(10)16)18-14-8-11-3-4-12(9-14)17(11)2/h5-7,11-12,14H,3-4,8-9H2,1-2H3/t11-,12+,14-. The predicted molar refractivity (Wildman–Crippen MR) is 74.4 cm³/mol. The first-order chi connectivity index (χ1) is 8.63. The van der Waals surface area contributed by atoms with Gasteiger partial charge in [0.05, 0.1) is 0 Å². The molecule has 0 spiro atoms. The average Bonchev–Trinajstić information content (AvgIpc) is 2.58. The lowest BCUT2D eigenvalue weighted by Gasteiger charge is -2.36. The maximum absolute atomic E-state index is 6.13. The van der Waals surface area contributed by atoms with Gasteiger partial charge in [0.15, 0.2) is 0 Å². The maximum atomic E-state index is 6.13. The van der Waals surface area contributed by atoms with E-state index in [0.717, 1.165) is 41.3 Å². The fourth-order valence-electron chi connectivity index (χ4n) is 3.34. The highest BCUT2D eigenvalue weighted by molar-refractivity contribution is 6.31. The number of hydrogen-bond acceptors (Lipinski definition) is 2. The number of piperidine rings is 1. The normalized spacial score (nSPS) is 31.6. The zero-order valence-corrected chi connectivity index (χ0v) is 11.8. The Morgan fingerprint density at radius 3 is 2.50 bits per heavy atom. The van der Waals surface area contributed by atoms with Crippen molar-refractivity contribution in [3.05, 3.63) is 28.8 Å². The summed E-state index contributed by atoms with van der Waals surface area (Å²) in [6.45, 7) is 2.02. The zero-order chi connectivity index (χ0) is 12.7. The van der Waals surface area contributed by atoms with Crippen LogP contribution in [0.2, 0.25) is 5.02 Å². The van der Waals surface area contributed by atoms with Gasteiger partial charge in [0, 0.05) is 17.1 Å². The molecule has 3 rings (SSSR count). The monoisotopic (exact) mass is 265 g/mol. The summed E-state index contributed by atoms with van der Waals surface area (Å²) in [7, 11) is 2.25. The molecule has 3 heteroatoms. The molecule has 2 nitrogen and oxygen atoms in total. The largest absolute Gasteiger partial charge is 0.490 e. The highest BCUT2D eigenvalue weighted by Gasteiger charge is 2.39. The summed E-state index contributed by atoms with van der Waals surface area (Å²) in [4.78, 5) is 2.53. The molecule has 2 saturated heterocycles. The van der Waals surface area contributed by atoms with E-state index in [-0.39, 0.29) is 0 Å². The van der Waals surface area contributed by atoms with Crippen molar-refractivity contribution in [3.63, 3.8) is 0 Å². The number of fused-ring (bicyclic) bond motifs is 2. The molecule has 2 aliphatic heterocycles. The lowest BCUT2D eigenvalue weighted by molar-refractivity contribution is 0.0661. The Kier molecular flexibility index (Phi) is 3.25. The number of hydrogen-bond donors (Lipinski definition) is 0. The molecule has 0 aliphatic carbocycles. The predicted octanol–water partition coefficient (Wildman–Crippen LogP) is 3.65. The van der Waals surface area contributed by atoms with E-state index in [1.54, 1.807) is 0 Å². The second-order valence-corrected chi connectivity index (χ2v) is 6.08. The number of nitrogens with zero attached hydrogens (tertiary/aromatic N) is 1. The van der Waals surface area contributed by atoms with Crippen LogP contribution in [0.4, 0.5) is 0 Å². The molecule has 3 atom stereocenters. The smallest absolute Gasteiger partial charge is 0.120 e. The number of aryl methyl sites for hydroxylation is 1. The second kappa shape index (κ2) is 4.75. The van der Waals surface area contributed by atoms with Gasteiger partial charge in [-0.25, -0.2) is 0 Å². The average molecular weight is 266 g/mol. The van der Waals surface area contributed by atoms with Crippen molar-refractivity contribution in [1.82, 2.24) is 4.90 Å². The van der Waals surface area contributed by atoms with Gasteiger partial charge in [-0.2, -0.15) is 0 Å². The molecular formula is C15H20ClNO. The topological polar surface area (TPSA) is 12.5 Å². The SMILES string of the molecule is Cc1cc(O[C@@H]2C[C@H]3CC[C@@H](C2)N3C)ccc1Cl. The third-order valence-corrected chi connectivity index (χ3v) is 4.91. The lowest BCUT2D eigenvalue weighted by atomic mass is 10.0. The van der Waals surface area contributed by atoms with Crippen molar-refractivity contribution >= 4 is 11.6 Å². The van der Waals surface area contributed by atoms with Crippen LogP contribution in [0, 0.1) is 6.92 Å². The molecule has 0 amide bonds. The molecule has 0 aromatic heterocycles. The summed E-state index contributed by atoms with van der Waals surface area (Å²) in [5.74, 6) is 0.964. The van der Waals surface area contributed by atoms with Crippen LogP contribution in [0.5, 0.6) is 5.75 Å². The molecule has 2 aliphatic rings. The van der Waals surface area contributed by atoms with Crippen molar-refractivity contribution in [2.75, 3.05) is 7.05 Å². The van der Waals surface area contributed by atoms with Crippen molar-refractivity contribution < 1.29 is 4.74 Å². The van der Waals surface area contributed by atoms with Crippen LogP contribution in [0.15, 0.2) is 18.2 Å². The van der Waals surface area contributed by atoms with Gasteiger partial charge in [-0.3, -0.25) is 0 Å². The molecular weight excluding hydrogens is 246 g/mol. The molecule has 1 aromatic carbocycles. The molecule has 18 heavy (non-hydrogen) atoms. The first kappa shape index (κ1) is 12.3. The quantitative estimate of drug-likeness (QED) is 0.809. The van der Waals surface area contributed by atoms with Gasteiger partial charge in [-0.1, -0.05) is 11.6 Å². The van der Waals surface area contributed by atoms with Crippen molar-refractivity contribution in [2.45, 2.75) is 50.8 Å². The summed E-state index contributed by atoms with van der Waals surface area (Å²) in [5, 5.41) is 0.811. The minimum Gasteiger partial charge on any atom is -0.490 e. The summed E-state index contributed by atoms with van der Waals surface area (Å²) >= 11 is 6.04. The first-order valence-corrected chi connectivity index (χ1v) is 7.16. The van der Waals surface area contributed by atoms with E-state index in [2.05, 4.69) is 11.9 Å². The zero-order valence-electron chi connectivity index (χ0n) is 11.0. The van der Waals surface area contributed by atoms with E-state index in [1.807, 2.05) is 25.1 Å². The molecule has 1 aromatic rings. The Bertz CT molecular complexity index is 434. The van der Waals surface area contributed by atoms with Gasteiger partial charge >= 0.3 is 0 Å². The Balaban J connectivity index is 1.68. The van der Waals surface area contributed by atoms with Crippen LogP contribution in [-0.4, -0.2) is 30.1 Å². The van der Waals surface area contributed by atoms with Crippen LogP contribution in [0.1, 0.15) is 31.2 Å². The Hall–Kier alpha value is -0.730. The Morgan fingerprint density at radius 1 is 1.22 bits per heavy atom. The molecule has 98 valence electrons. The number of rotatable bonds is 2. The molecule has 2 heterocycles. The van der Waals surface area contributed by atoms with E-state index in [1.165, 1.54) is 12.8 Å². The van der Waals surface area contributed by atoms with Crippen LogP contribution in [0.3, 0.4) is 0 Å². The Labute approximate surface area is 114 Å². The van der Waals surface area contributed by atoms with Crippen LogP contribution >= 0.6 is 11.6 Å². The van der Waals surface area contributed by atoms with E-state index >= 15 is 0 Å². The fourth-order valence-corrected chi connectivity index (χ4v) is 3.46. The van der Waals surface area contributed by atoms with Gasteiger partial charge < -0.3 is 9.64 Å². The summed E-state index contributed by atoms with van der Waals surface area (Å²) in [6.07, 6.45) is 5.37. The minimum absolute atomic E-state index is 0.374. The van der Waals surface area contributed by atoms with E-state index in [4.69, 9.17) is 16.3 Å². The number of benzene rings is 1. The van der Waals surface area contributed by atoms with Gasteiger partial charge in [0.2, 0.25) is 0 Å². The van der Waals surface area contributed by atoms with Crippen molar-refractivity contribution in [2.24, 2.45) is 0 Å². The van der Waals surface area contributed by atoms with Crippen molar-refractivity contribution in [3.8, 4) is 5.75 Å². The molecule has 0 N–H and O–H groups in total. The molecule has 0 saturated carbocycles.